The molecule has 2 fully saturated rings. The van der Waals surface area contributed by atoms with Crippen LogP contribution < -0.4 is 5.73 Å². The van der Waals surface area contributed by atoms with Gasteiger partial charge in [-0.1, -0.05) is 0 Å². The SMILES string of the molecule is CN1CCN(C(=O)CC2CCC(CN)CC2)C(C)(C)C1=O. The number of carbonyl (C=O) groups is 2. The number of hydrogen-bond donors (Lipinski definition) is 1. The molecule has 0 aromatic rings. The van der Waals surface area contributed by atoms with Gasteiger partial charge in [-0.15, -0.1) is 0 Å². The van der Waals surface area contributed by atoms with Crippen LogP contribution in [-0.4, -0.2) is 53.8 Å². The molecule has 0 radical (unpaired) electrons. The molecular formula is C16H29N3O2. The largest absolute Gasteiger partial charge is 0.342 e. The predicted octanol–water partition coefficient (Wildman–Crippen LogP) is 1.22. The first-order valence-corrected chi connectivity index (χ1v) is 8.12. The maximum atomic E-state index is 12.6. The first kappa shape index (κ1) is 16.3. The van der Waals surface area contributed by atoms with Crippen LogP contribution in [0.25, 0.3) is 0 Å². The van der Waals surface area contributed by atoms with Crippen molar-refractivity contribution in [2.75, 3.05) is 26.7 Å². The Hall–Kier alpha value is -1.10. The van der Waals surface area contributed by atoms with Gasteiger partial charge in [0.2, 0.25) is 11.8 Å². The third-order valence-electron chi connectivity index (χ3n) is 5.27. The van der Waals surface area contributed by atoms with Crippen molar-refractivity contribution in [3.05, 3.63) is 0 Å². The molecule has 5 heteroatoms. The van der Waals surface area contributed by atoms with E-state index in [9.17, 15) is 9.59 Å². The van der Waals surface area contributed by atoms with E-state index in [4.69, 9.17) is 5.73 Å². The molecule has 0 atom stereocenters. The fourth-order valence-corrected chi connectivity index (χ4v) is 3.68. The highest BCUT2D eigenvalue weighted by atomic mass is 16.2. The quantitative estimate of drug-likeness (QED) is 0.851. The van der Waals surface area contributed by atoms with Crippen molar-refractivity contribution in [1.82, 2.24) is 9.80 Å². The first-order valence-electron chi connectivity index (χ1n) is 8.12. The maximum Gasteiger partial charge on any atom is 0.247 e. The highest BCUT2D eigenvalue weighted by Gasteiger charge is 2.43. The number of piperazine rings is 1. The van der Waals surface area contributed by atoms with Gasteiger partial charge in [0.25, 0.3) is 0 Å². The second kappa shape index (κ2) is 6.34. The van der Waals surface area contributed by atoms with Crippen molar-refractivity contribution in [3.63, 3.8) is 0 Å². The summed E-state index contributed by atoms with van der Waals surface area (Å²) in [5, 5.41) is 0. The van der Waals surface area contributed by atoms with Crippen molar-refractivity contribution in [2.45, 2.75) is 51.5 Å². The van der Waals surface area contributed by atoms with Crippen LogP contribution in [-0.2, 0) is 9.59 Å². The lowest BCUT2D eigenvalue weighted by Gasteiger charge is -2.45. The number of nitrogens with two attached hydrogens (primary N) is 1. The van der Waals surface area contributed by atoms with Crippen LogP contribution >= 0.6 is 0 Å². The van der Waals surface area contributed by atoms with E-state index in [1.807, 2.05) is 13.8 Å². The summed E-state index contributed by atoms with van der Waals surface area (Å²) >= 11 is 0. The van der Waals surface area contributed by atoms with E-state index in [0.29, 0.717) is 31.3 Å². The second-order valence-electron chi connectivity index (χ2n) is 7.16. The van der Waals surface area contributed by atoms with E-state index < -0.39 is 5.54 Å². The van der Waals surface area contributed by atoms with Crippen molar-refractivity contribution < 1.29 is 9.59 Å². The number of hydrogen-bond acceptors (Lipinski definition) is 3. The molecule has 2 amide bonds. The van der Waals surface area contributed by atoms with Gasteiger partial charge in [0, 0.05) is 26.6 Å². The molecule has 0 spiro atoms. The summed E-state index contributed by atoms with van der Waals surface area (Å²) in [6.07, 6.45) is 5.04. The van der Waals surface area contributed by atoms with Crippen LogP contribution in [0.4, 0.5) is 0 Å². The lowest BCUT2D eigenvalue weighted by molar-refractivity contribution is -0.157. The minimum atomic E-state index is -0.710. The lowest BCUT2D eigenvalue weighted by atomic mass is 9.80. The zero-order chi connectivity index (χ0) is 15.6. The minimum absolute atomic E-state index is 0.0361. The van der Waals surface area contributed by atoms with E-state index in [-0.39, 0.29) is 11.8 Å². The summed E-state index contributed by atoms with van der Waals surface area (Å²) in [4.78, 5) is 28.4. The van der Waals surface area contributed by atoms with Crippen molar-refractivity contribution >= 4 is 11.8 Å². The Labute approximate surface area is 127 Å². The van der Waals surface area contributed by atoms with Gasteiger partial charge >= 0.3 is 0 Å². The molecule has 1 aliphatic heterocycles. The average Bonchev–Trinajstić information content (AvgIpc) is 2.45. The minimum Gasteiger partial charge on any atom is -0.342 e. The average molecular weight is 295 g/mol. The fourth-order valence-electron chi connectivity index (χ4n) is 3.68. The Balaban J connectivity index is 1.93. The normalized spacial score (nSPS) is 29.6. The molecule has 0 aromatic carbocycles. The van der Waals surface area contributed by atoms with Gasteiger partial charge in [-0.25, -0.2) is 0 Å². The first-order chi connectivity index (χ1) is 9.86. The van der Waals surface area contributed by atoms with Crippen molar-refractivity contribution in [2.24, 2.45) is 17.6 Å². The summed E-state index contributed by atoms with van der Waals surface area (Å²) < 4.78 is 0. The monoisotopic (exact) mass is 295 g/mol. The molecule has 1 aliphatic carbocycles. The summed E-state index contributed by atoms with van der Waals surface area (Å²) in [7, 11) is 1.81. The van der Waals surface area contributed by atoms with Crippen molar-refractivity contribution in [1.29, 1.82) is 0 Å². The molecule has 2 N–H and O–H groups in total. The molecule has 120 valence electrons. The van der Waals surface area contributed by atoms with Crippen LogP contribution in [0.5, 0.6) is 0 Å². The zero-order valence-electron chi connectivity index (χ0n) is 13.6. The third kappa shape index (κ3) is 3.39. The van der Waals surface area contributed by atoms with Gasteiger partial charge < -0.3 is 15.5 Å². The Bertz CT molecular complexity index is 400. The molecule has 21 heavy (non-hydrogen) atoms. The van der Waals surface area contributed by atoms with Gasteiger partial charge in [-0.05, 0) is 57.9 Å². The van der Waals surface area contributed by atoms with Crippen LogP contribution in [0.2, 0.25) is 0 Å². The van der Waals surface area contributed by atoms with Gasteiger partial charge in [-0.3, -0.25) is 9.59 Å². The smallest absolute Gasteiger partial charge is 0.247 e. The van der Waals surface area contributed by atoms with Crippen molar-refractivity contribution in [3.8, 4) is 0 Å². The van der Waals surface area contributed by atoms with E-state index in [2.05, 4.69) is 0 Å². The lowest BCUT2D eigenvalue weighted by Crippen LogP contribution is -2.63. The Kier molecular flexibility index (Phi) is 4.91. The summed E-state index contributed by atoms with van der Waals surface area (Å²) in [5.41, 5.74) is 5.00. The molecule has 0 unspecified atom stereocenters. The van der Waals surface area contributed by atoms with E-state index in [0.717, 1.165) is 32.2 Å². The molecule has 2 aliphatic rings. The van der Waals surface area contributed by atoms with Gasteiger partial charge in [-0.2, -0.15) is 0 Å². The number of likely N-dealkylation sites (N-methyl/N-ethyl adjacent to an activating group) is 1. The number of carbonyl (C=O) groups excluding carboxylic acids is 2. The van der Waals surface area contributed by atoms with Crippen LogP contribution in [0, 0.1) is 11.8 Å². The van der Waals surface area contributed by atoms with Gasteiger partial charge in [0.15, 0.2) is 0 Å². The molecule has 0 bridgehead atoms. The zero-order valence-corrected chi connectivity index (χ0v) is 13.6. The molecule has 1 heterocycles. The standard InChI is InChI=1S/C16H29N3O2/c1-16(2)15(21)18(3)8-9-19(16)14(20)10-12-4-6-13(11-17)7-5-12/h12-13H,4-11,17H2,1-3H3. The molecule has 0 aromatic heterocycles. The van der Waals surface area contributed by atoms with Gasteiger partial charge in [0.05, 0.1) is 0 Å². The van der Waals surface area contributed by atoms with Crippen LogP contribution in [0.1, 0.15) is 46.0 Å². The Morgan fingerprint density at radius 1 is 1.19 bits per heavy atom. The summed E-state index contributed by atoms with van der Waals surface area (Å²) in [5.74, 6) is 1.27. The molecular weight excluding hydrogens is 266 g/mol. The number of nitrogens with zero attached hydrogens (tertiary/aromatic N) is 2. The van der Waals surface area contributed by atoms with E-state index in [1.54, 1.807) is 16.8 Å². The number of amides is 2. The van der Waals surface area contributed by atoms with Crippen LogP contribution in [0.3, 0.4) is 0 Å². The molecule has 2 rings (SSSR count). The summed E-state index contributed by atoms with van der Waals surface area (Å²) in [6.45, 7) is 5.75. The van der Waals surface area contributed by atoms with E-state index in [1.165, 1.54) is 0 Å². The topological polar surface area (TPSA) is 66.6 Å². The van der Waals surface area contributed by atoms with Crippen LogP contribution in [0.15, 0.2) is 0 Å². The molecule has 1 saturated carbocycles. The predicted molar refractivity (Wildman–Crippen MR) is 82.5 cm³/mol. The highest BCUT2D eigenvalue weighted by molar-refractivity contribution is 5.91. The molecule has 5 nitrogen and oxygen atoms in total. The Morgan fingerprint density at radius 2 is 1.76 bits per heavy atom. The Morgan fingerprint density at radius 3 is 2.33 bits per heavy atom. The van der Waals surface area contributed by atoms with E-state index >= 15 is 0 Å². The number of rotatable bonds is 3. The highest BCUT2D eigenvalue weighted by Crippen LogP contribution is 2.32. The summed E-state index contributed by atoms with van der Waals surface area (Å²) in [6, 6.07) is 0. The third-order valence-corrected chi connectivity index (χ3v) is 5.27. The fraction of sp³-hybridized carbons (Fsp3) is 0.875. The second-order valence-corrected chi connectivity index (χ2v) is 7.16. The molecule has 1 saturated heterocycles. The van der Waals surface area contributed by atoms with Gasteiger partial charge in [0.1, 0.15) is 5.54 Å². The maximum absolute atomic E-state index is 12.6.